The van der Waals surface area contributed by atoms with E-state index in [1.165, 1.54) is 42.4 Å². The maximum Gasteiger partial charge on any atom is 0.128 e. The summed E-state index contributed by atoms with van der Waals surface area (Å²) in [4.78, 5) is 2.43. The van der Waals surface area contributed by atoms with E-state index in [2.05, 4.69) is 65.6 Å². The van der Waals surface area contributed by atoms with Crippen molar-refractivity contribution in [2.45, 2.75) is 12.8 Å². The summed E-state index contributed by atoms with van der Waals surface area (Å²) in [7, 11) is 0. The molecular formula is C20H19NO. The molecule has 110 valence electrons. The normalized spacial score (nSPS) is 14.5. The van der Waals surface area contributed by atoms with E-state index in [-0.39, 0.29) is 0 Å². The van der Waals surface area contributed by atoms with Gasteiger partial charge in [0.05, 0.1) is 0 Å². The van der Waals surface area contributed by atoms with Gasteiger partial charge in [-0.2, -0.15) is 0 Å². The van der Waals surface area contributed by atoms with E-state index in [4.69, 9.17) is 4.74 Å². The number of fused-ring (bicyclic) bond motifs is 1. The third-order valence-electron chi connectivity index (χ3n) is 4.26. The molecule has 22 heavy (non-hydrogen) atoms. The minimum Gasteiger partial charge on any atom is -0.457 e. The molecule has 0 aromatic heterocycles. The fourth-order valence-corrected chi connectivity index (χ4v) is 3.07. The quantitative estimate of drug-likeness (QED) is 0.654. The van der Waals surface area contributed by atoms with Crippen LogP contribution in [0.5, 0.6) is 11.5 Å². The number of hydrogen-bond acceptors (Lipinski definition) is 2. The van der Waals surface area contributed by atoms with Crippen LogP contribution < -0.4 is 9.64 Å². The minimum absolute atomic E-state index is 0.882. The molecule has 1 heterocycles. The van der Waals surface area contributed by atoms with Gasteiger partial charge in [-0.15, -0.1) is 0 Å². The topological polar surface area (TPSA) is 12.5 Å². The Morgan fingerprint density at radius 3 is 2.14 bits per heavy atom. The summed E-state index contributed by atoms with van der Waals surface area (Å²) in [6.07, 6.45) is 2.60. The van der Waals surface area contributed by atoms with Gasteiger partial charge < -0.3 is 9.64 Å². The molecule has 0 radical (unpaired) electrons. The number of nitrogens with zero attached hydrogens (tertiary/aromatic N) is 1. The summed E-state index contributed by atoms with van der Waals surface area (Å²) < 4.78 is 5.99. The van der Waals surface area contributed by atoms with Gasteiger partial charge in [-0.1, -0.05) is 30.3 Å². The molecule has 2 nitrogen and oxygen atoms in total. The standard InChI is InChI=1S/C20H19NO/c1-2-6-17-15-20(10-7-16(17)5-1)22-19-11-8-18(9-12-19)21-13-3-4-14-21/h1-2,5-12,15H,3-4,13-14H2. The lowest BCUT2D eigenvalue weighted by molar-refractivity contribution is 0.483. The largest absolute Gasteiger partial charge is 0.457 e. The zero-order valence-corrected chi connectivity index (χ0v) is 12.5. The van der Waals surface area contributed by atoms with Crippen molar-refractivity contribution in [2.75, 3.05) is 18.0 Å². The van der Waals surface area contributed by atoms with Crippen molar-refractivity contribution in [3.63, 3.8) is 0 Å². The highest BCUT2D eigenvalue weighted by atomic mass is 16.5. The van der Waals surface area contributed by atoms with Crippen LogP contribution in [-0.2, 0) is 0 Å². The summed E-state index contributed by atoms with van der Waals surface area (Å²) in [5.41, 5.74) is 1.29. The third kappa shape index (κ3) is 2.64. The maximum absolute atomic E-state index is 5.99. The van der Waals surface area contributed by atoms with Crippen LogP contribution in [0.15, 0.2) is 66.7 Å². The van der Waals surface area contributed by atoms with Crippen molar-refractivity contribution in [1.29, 1.82) is 0 Å². The Bertz CT molecular complexity index is 773. The first-order chi connectivity index (χ1) is 10.9. The second kappa shape index (κ2) is 5.72. The Hall–Kier alpha value is -2.48. The highest BCUT2D eigenvalue weighted by molar-refractivity contribution is 5.83. The van der Waals surface area contributed by atoms with E-state index >= 15 is 0 Å². The number of ether oxygens (including phenoxy) is 1. The fourth-order valence-electron chi connectivity index (χ4n) is 3.07. The molecule has 1 aliphatic rings. The van der Waals surface area contributed by atoms with Gasteiger partial charge in [0.1, 0.15) is 11.5 Å². The van der Waals surface area contributed by atoms with Crippen molar-refractivity contribution >= 4 is 16.5 Å². The maximum atomic E-state index is 5.99. The lowest BCUT2D eigenvalue weighted by Gasteiger charge is -2.17. The average molecular weight is 289 g/mol. The Morgan fingerprint density at radius 1 is 0.682 bits per heavy atom. The predicted octanol–water partition coefficient (Wildman–Crippen LogP) is 5.23. The zero-order valence-electron chi connectivity index (χ0n) is 12.5. The second-order valence-electron chi connectivity index (χ2n) is 5.80. The van der Waals surface area contributed by atoms with Crippen LogP contribution in [0.2, 0.25) is 0 Å². The zero-order chi connectivity index (χ0) is 14.8. The van der Waals surface area contributed by atoms with Crippen molar-refractivity contribution < 1.29 is 4.74 Å². The lowest BCUT2D eigenvalue weighted by atomic mass is 10.1. The van der Waals surface area contributed by atoms with Gasteiger partial charge in [0, 0.05) is 18.8 Å². The van der Waals surface area contributed by atoms with E-state index in [1.54, 1.807) is 0 Å². The number of anilines is 1. The molecule has 4 rings (SSSR count). The van der Waals surface area contributed by atoms with Crippen molar-refractivity contribution in [3.05, 3.63) is 66.7 Å². The van der Waals surface area contributed by atoms with Crippen molar-refractivity contribution in [1.82, 2.24) is 0 Å². The number of hydrogen-bond donors (Lipinski definition) is 0. The molecule has 0 saturated carbocycles. The summed E-state index contributed by atoms with van der Waals surface area (Å²) >= 11 is 0. The number of rotatable bonds is 3. The predicted molar refractivity (Wildman–Crippen MR) is 91.9 cm³/mol. The van der Waals surface area contributed by atoms with Gasteiger partial charge in [-0.05, 0) is 60.0 Å². The monoisotopic (exact) mass is 289 g/mol. The fraction of sp³-hybridized carbons (Fsp3) is 0.200. The Kier molecular flexibility index (Phi) is 3.43. The molecule has 0 N–H and O–H groups in total. The van der Waals surface area contributed by atoms with Crippen LogP contribution in [0.4, 0.5) is 5.69 Å². The van der Waals surface area contributed by atoms with Gasteiger partial charge >= 0.3 is 0 Å². The SMILES string of the molecule is c1ccc2cc(Oc3ccc(N4CCCC4)cc3)ccc2c1. The average Bonchev–Trinajstić information content (AvgIpc) is 3.10. The summed E-state index contributed by atoms with van der Waals surface area (Å²) in [5.74, 6) is 1.77. The summed E-state index contributed by atoms with van der Waals surface area (Å²) in [6, 6.07) is 23.0. The molecule has 3 aromatic carbocycles. The molecule has 0 atom stereocenters. The van der Waals surface area contributed by atoms with E-state index in [9.17, 15) is 0 Å². The molecule has 1 aliphatic heterocycles. The molecular weight excluding hydrogens is 270 g/mol. The van der Waals surface area contributed by atoms with E-state index in [0.29, 0.717) is 0 Å². The second-order valence-corrected chi connectivity index (χ2v) is 5.80. The van der Waals surface area contributed by atoms with Crippen LogP contribution in [-0.4, -0.2) is 13.1 Å². The van der Waals surface area contributed by atoms with Gasteiger partial charge in [0.2, 0.25) is 0 Å². The molecule has 0 spiro atoms. The molecule has 1 fully saturated rings. The first kappa shape index (κ1) is 13.2. The van der Waals surface area contributed by atoms with Crippen LogP contribution in [0.3, 0.4) is 0 Å². The Labute approximate surface area is 130 Å². The molecule has 2 heteroatoms. The van der Waals surface area contributed by atoms with Crippen molar-refractivity contribution in [3.8, 4) is 11.5 Å². The van der Waals surface area contributed by atoms with Crippen LogP contribution >= 0.6 is 0 Å². The number of benzene rings is 3. The first-order valence-electron chi connectivity index (χ1n) is 7.90. The first-order valence-corrected chi connectivity index (χ1v) is 7.90. The lowest BCUT2D eigenvalue weighted by Crippen LogP contribution is -2.17. The van der Waals surface area contributed by atoms with Gasteiger partial charge in [0.25, 0.3) is 0 Å². The van der Waals surface area contributed by atoms with Crippen LogP contribution in [0.25, 0.3) is 10.8 Å². The highest BCUT2D eigenvalue weighted by Crippen LogP contribution is 2.28. The molecule has 0 unspecified atom stereocenters. The Balaban J connectivity index is 1.54. The van der Waals surface area contributed by atoms with Gasteiger partial charge in [-0.3, -0.25) is 0 Å². The molecule has 0 bridgehead atoms. The highest BCUT2D eigenvalue weighted by Gasteiger charge is 2.11. The Morgan fingerprint density at radius 2 is 1.36 bits per heavy atom. The minimum atomic E-state index is 0.882. The van der Waals surface area contributed by atoms with E-state index in [0.717, 1.165) is 11.5 Å². The molecule has 3 aromatic rings. The summed E-state index contributed by atoms with van der Waals surface area (Å²) in [5, 5.41) is 2.44. The third-order valence-corrected chi connectivity index (χ3v) is 4.26. The molecule has 0 aliphatic carbocycles. The van der Waals surface area contributed by atoms with Gasteiger partial charge in [0.15, 0.2) is 0 Å². The van der Waals surface area contributed by atoms with E-state index < -0.39 is 0 Å². The van der Waals surface area contributed by atoms with E-state index in [1.807, 2.05) is 6.07 Å². The van der Waals surface area contributed by atoms with Crippen LogP contribution in [0.1, 0.15) is 12.8 Å². The van der Waals surface area contributed by atoms with Crippen molar-refractivity contribution in [2.24, 2.45) is 0 Å². The molecule has 0 amide bonds. The smallest absolute Gasteiger partial charge is 0.128 e. The summed E-state index contributed by atoms with van der Waals surface area (Å²) in [6.45, 7) is 2.34. The van der Waals surface area contributed by atoms with Crippen LogP contribution in [0, 0.1) is 0 Å². The molecule has 1 saturated heterocycles. The van der Waals surface area contributed by atoms with Gasteiger partial charge in [-0.25, -0.2) is 0 Å².